The van der Waals surface area contributed by atoms with E-state index in [0.717, 1.165) is 25.7 Å². The zero-order chi connectivity index (χ0) is 11.9. The number of rotatable bonds is 8. The van der Waals surface area contributed by atoms with Crippen molar-refractivity contribution in [3.8, 4) is 0 Å². The molecule has 0 rings (SSSR count). The summed E-state index contributed by atoms with van der Waals surface area (Å²) in [6, 6.07) is 0. The number of hydrogen-bond donors (Lipinski definition) is 3. The SMILES string of the molecule is O=C(O)CI.OCCCCCCCCO. The second kappa shape index (κ2) is 16.5. The van der Waals surface area contributed by atoms with Gasteiger partial charge < -0.3 is 15.3 Å². The Bertz CT molecular complexity index is 123. The number of aliphatic hydroxyl groups excluding tert-OH is 2. The van der Waals surface area contributed by atoms with Gasteiger partial charge in [0.1, 0.15) is 0 Å². The lowest BCUT2D eigenvalue weighted by Gasteiger charge is -1.97. The molecule has 0 aliphatic carbocycles. The van der Waals surface area contributed by atoms with Gasteiger partial charge in [-0.25, -0.2) is 0 Å². The van der Waals surface area contributed by atoms with E-state index in [4.69, 9.17) is 15.3 Å². The summed E-state index contributed by atoms with van der Waals surface area (Å²) >= 11 is 1.78. The van der Waals surface area contributed by atoms with Crippen molar-refractivity contribution in [3.05, 3.63) is 0 Å². The maximum absolute atomic E-state index is 9.36. The molecule has 0 spiro atoms. The van der Waals surface area contributed by atoms with Crippen LogP contribution in [0.2, 0.25) is 0 Å². The first-order valence-electron chi connectivity index (χ1n) is 5.18. The van der Waals surface area contributed by atoms with E-state index in [1.807, 2.05) is 0 Å². The van der Waals surface area contributed by atoms with Gasteiger partial charge in [0.25, 0.3) is 0 Å². The van der Waals surface area contributed by atoms with Crippen molar-refractivity contribution in [2.24, 2.45) is 0 Å². The molecule has 0 radical (unpaired) electrons. The Morgan fingerprint density at radius 2 is 1.13 bits per heavy atom. The van der Waals surface area contributed by atoms with Crippen LogP contribution in [0, 0.1) is 0 Å². The normalized spacial score (nSPS) is 9.27. The Balaban J connectivity index is 0. The first kappa shape index (κ1) is 17.5. The Labute approximate surface area is 105 Å². The highest BCUT2D eigenvalue weighted by Crippen LogP contribution is 2.03. The van der Waals surface area contributed by atoms with Gasteiger partial charge in [0.15, 0.2) is 0 Å². The van der Waals surface area contributed by atoms with Crippen LogP contribution in [0.25, 0.3) is 0 Å². The molecule has 0 amide bonds. The predicted octanol–water partition coefficient (Wildman–Crippen LogP) is 1.82. The molecule has 0 aromatic rings. The van der Waals surface area contributed by atoms with Crippen molar-refractivity contribution in [3.63, 3.8) is 0 Å². The highest BCUT2D eigenvalue weighted by Gasteiger charge is 1.88. The molecule has 0 aromatic heterocycles. The van der Waals surface area contributed by atoms with Gasteiger partial charge >= 0.3 is 5.97 Å². The lowest BCUT2D eigenvalue weighted by atomic mass is 10.1. The van der Waals surface area contributed by atoms with E-state index in [2.05, 4.69) is 0 Å². The molecular weight excluding hydrogens is 311 g/mol. The van der Waals surface area contributed by atoms with Crippen LogP contribution in [0.5, 0.6) is 0 Å². The van der Waals surface area contributed by atoms with E-state index in [0.29, 0.717) is 13.2 Å². The van der Waals surface area contributed by atoms with Gasteiger partial charge in [-0.2, -0.15) is 0 Å². The number of unbranched alkanes of at least 4 members (excludes halogenated alkanes) is 5. The molecule has 3 N–H and O–H groups in total. The molecule has 0 saturated heterocycles. The second-order valence-corrected chi connectivity index (χ2v) is 3.86. The van der Waals surface area contributed by atoms with E-state index in [9.17, 15) is 4.79 Å². The summed E-state index contributed by atoms with van der Waals surface area (Å²) in [5.74, 6) is -0.759. The molecule has 0 aliphatic heterocycles. The van der Waals surface area contributed by atoms with Crippen LogP contribution in [0.4, 0.5) is 0 Å². The Morgan fingerprint density at radius 1 is 0.867 bits per heavy atom. The molecule has 0 fully saturated rings. The number of carboxylic acid groups (broad SMARTS) is 1. The standard InChI is InChI=1S/C8H18O2.C2H3IO2/c9-7-5-3-1-2-4-6-8-10;3-1-2(4)5/h9-10H,1-8H2;1H2,(H,4,5). The van der Waals surface area contributed by atoms with E-state index in [1.54, 1.807) is 22.6 Å². The van der Waals surface area contributed by atoms with Crippen LogP contribution < -0.4 is 0 Å². The average molecular weight is 332 g/mol. The Morgan fingerprint density at radius 3 is 1.33 bits per heavy atom. The van der Waals surface area contributed by atoms with Crippen LogP contribution >= 0.6 is 22.6 Å². The fraction of sp³-hybridized carbons (Fsp3) is 0.900. The summed E-state index contributed by atoms with van der Waals surface area (Å²) in [6.07, 6.45) is 6.50. The zero-order valence-corrected chi connectivity index (χ0v) is 11.1. The monoisotopic (exact) mass is 332 g/mol. The molecule has 15 heavy (non-hydrogen) atoms. The zero-order valence-electron chi connectivity index (χ0n) is 8.99. The summed E-state index contributed by atoms with van der Waals surface area (Å²) in [4.78, 5) is 9.36. The molecule has 0 unspecified atom stereocenters. The van der Waals surface area contributed by atoms with Crippen LogP contribution in [-0.2, 0) is 4.79 Å². The number of halogens is 1. The number of aliphatic carboxylic acids is 1. The van der Waals surface area contributed by atoms with Crippen molar-refractivity contribution in [2.75, 3.05) is 17.6 Å². The minimum atomic E-state index is -0.759. The van der Waals surface area contributed by atoms with E-state index in [-0.39, 0.29) is 4.43 Å². The highest BCUT2D eigenvalue weighted by molar-refractivity contribution is 14.1. The quantitative estimate of drug-likeness (QED) is 0.360. The average Bonchev–Trinajstić information content (AvgIpc) is 2.24. The Hall–Kier alpha value is 0.120. The largest absolute Gasteiger partial charge is 0.481 e. The van der Waals surface area contributed by atoms with Crippen LogP contribution in [-0.4, -0.2) is 38.9 Å². The first-order valence-corrected chi connectivity index (χ1v) is 6.71. The summed E-state index contributed by atoms with van der Waals surface area (Å²) in [6.45, 7) is 0.639. The van der Waals surface area contributed by atoms with Crippen molar-refractivity contribution >= 4 is 28.6 Å². The van der Waals surface area contributed by atoms with Crippen LogP contribution in [0.1, 0.15) is 38.5 Å². The fourth-order valence-electron chi connectivity index (χ4n) is 0.931. The molecule has 4 nitrogen and oxygen atoms in total. The first-order chi connectivity index (χ1) is 7.18. The van der Waals surface area contributed by atoms with Gasteiger partial charge in [-0.3, -0.25) is 4.79 Å². The third-order valence-corrected chi connectivity index (χ3v) is 2.33. The molecule has 0 heterocycles. The number of alkyl halides is 1. The van der Waals surface area contributed by atoms with Crippen LogP contribution in [0.3, 0.4) is 0 Å². The lowest BCUT2D eigenvalue weighted by molar-refractivity contribution is -0.133. The number of carbonyl (C=O) groups is 1. The van der Waals surface area contributed by atoms with Crippen molar-refractivity contribution < 1.29 is 20.1 Å². The third kappa shape index (κ3) is 24.9. The maximum atomic E-state index is 9.36. The van der Waals surface area contributed by atoms with Crippen molar-refractivity contribution in [2.45, 2.75) is 38.5 Å². The molecule has 0 aliphatic rings. The number of carboxylic acids is 1. The summed E-state index contributed by atoms with van der Waals surface area (Å²) in [5.41, 5.74) is 0. The van der Waals surface area contributed by atoms with Gasteiger partial charge in [-0.1, -0.05) is 48.3 Å². The van der Waals surface area contributed by atoms with Gasteiger partial charge in [0, 0.05) is 13.2 Å². The third-order valence-electron chi connectivity index (χ3n) is 1.68. The minimum absolute atomic E-state index is 0.192. The molecule has 0 saturated carbocycles. The molecule has 0 aromatic carbocycles. The minimum Gasteiger partial charge on any atom is -0.481 e. The van der Waals surface area contributed by atoms with Gasteiger partial charge in [0.05, 0.1) is 4.43 Å². The second-order valence-electron chi connectivity index (χ2n) is 3.10. The van der Waals surface area contributed by atoms with Crippen molar-refractivity contribution in [1.29, 1.82) is 0 Å². The summed E-state index contributed by atoms with van der Waals surface area (Å²) in [5, 5.41) is 24.6. The fourth-order valence-corrected chi connectivity index (χ4v) is 0.931. The van der Waals surface area contributed by atoms with E-state index in [1.165, 1.54) is 12.8 Å². The summed E-state index contributed by atoms with van der Waals surface area (Å²) in [7, 11) is 0. The topological polar surface area (TPSA) is 77.8 Å². The molecule has 5 heteroatoms. The van der Waals surface area contributed by atoms with Gasteiger partial charge in [-0.15, -0.1) is 0 Å². The van der Waals surface area contributed by atoms with E-state index < -0.39 is 5.97 Å². The predicted molar refractivity (Wildman–Crippen MR) is 68.4 cm³/mol. The smallest absolute Gasteiger partial charge is 0.313 e. The number of hydrogen-bond acceptors (Lipinski definition) is 3. The van der Waals surface area contributed by atoms with Crippen LogP contribution in [0.15, 0.2) is 0 Å². The maximum Gasteiger partial charge on any atom is 0.313 e. The summed E-state index contributed by atoms with van der Waals surface area (Å²) < 4.78 is 0.192. The molecular formula is C10H21IO4. The highest BCUT2D eigenvalue weighted by atomic mass is 127. The molecule has 0 bridgehead atoms. The molecule has 92 valence electrons. The molecule has 0 atom stereocenters. The Kier molecular flexibility index (Phi) is 19.3. The lowest BCUT2D eigenvalue weighted by Crippen LogP contribution is -1.91. The van der Waals surface area contributed by atoms with Gasteiger partial charge in [0.2, 0.25) is 0 Å². The van der Waals surface area contributed by atoms with E-state index >= 15 is 0 Å². The van der Waals surface area contributed by atoms with Gasteiger partial charge in [-0.05, 0) is 12.8 Å². The van der Waals surface area contributed by atoms with Crippen molar-refractivity contribution in [1.82, 2.24) is 0 Å². The number of aliphatic hydroxyl groups is 2.